The third-order valence-electron chi connectivity index (χ3n) is 0.955. The van der Waals surface area contributed by atoms with Gasteiger partial charge in [0.25, 0.3) is 0 Å². The second-order valence-electron chi connectivity index (χ2n) is 1.68. The summed E-state index contributed by atoms with van der Waals surface area (Å²) < 4.78 is 8.19. The summed E-state index contributed by atoms with van der Waals surface area (Å²) in [4.78, 5) is 13.8. The Bertz CT molecular complexity index is 257. The van der Waals surface area contributed by atoms with Crippen molar-refractivity contribution in [3.05, 3.63) is 23.8 Å². The molecular weight excluding hydrogens is 304 g/mol. The van der Waals surface area contributed by atoms with E-state index in [1.54, 1.807) is 0 Å². The molecule has 91 valence electrons. The Kier molecular flexibility index (Phi) is 32.9. The summed E-state index contributed by atoms with van der Waals surface area (Å²) in [6.07, 6.45) is 3.31. The fraction of sp³-hybridized carbons (Fsp3) is 0. The molecule has 0 amide bonds. The van der Waals surface area contributed by atoms with E-state index in [2.05, 4.69) is 4.99 Å². The first kappa shape index (κ1) is 26.0. The zero-order chi connectivity index (χ0) is 13.6. The van der Waals surface area contributed by atoms with Crippen LogP contribution in [0.15, 0.2) is 28.8 Å². The SMILES string of the molecule is O=C1C=CC(=C([O-])O)N=C1.[K+].[O-][O-].[O-][O-].[O]=[V]. The Morgan fingerprint density at radius 1 is 1.18 bits per heavy atom. The minimum absolute atomic E-state index is 0. The van der Waals surface area contributed by atoms with Crippen molar-refractivity contribution in [2.45, 2.75) is 0 Å². The number of carbonyl (C=O) groups is 1. The number of nitrogens with zero attached hydrogens (tertiary/aromatic N) is 1. The van der Waals surface area contributed by atoms with Crippen LogP contribution in [0.25, 0.3) is 0 Å². The summed E-state index contributed by atoms with van der Waals surface area (Å²) in [5.74, 6) is -1.41. The summed E-state index contributed by atoms with van der Waals surface area (Å²) in [7, 11) is 0. The predicted octanol–water partition coefficient (Wildman–Crippen LogP) is -8.59. The fourth-order valence-corrected chi connectivity index (χ4v) is 0.507. The average molecular weight is 308 g/mol. The number of rotatable bonds is 0. The third kappa shape index (κ3) is 16.3. The first-order valence-electron chi connectivity index (χ1n) is 3.08. The van der Waals surface area contributed by atoms with E-state index in [4.69, 9.17) is 29.8 Å². The van der Waals surface area contributed by atoms with Crippen LogP contribution in [0.4, 0.5) is 0 Å². The monoisotopic (exact) mass is 308 g/mol. The molecule has 1 aliphatic rings. The number of allylic oxidation sites excluding steroid dienone is 2. The summed E-state index contributed by atoms with van der Waals surface area (Å²) >= 11 is 1.06. The van der Waals surface area contributed by atoms with E-state index in [1.165, 1.54) is 6.08 Å². The average Bonchev–Trinajstić information content (AvgIpc) is 2.37. The van der Waals surface area contributed by atoms with E-state index in [-0.39, 0.29) is 62.9 Å². The second kappa shape index (κ2) is 21.6. The molecule has 0 bridgehead atoms. The van der Waals surface area contributed by atoms with E-state index < -0.39 is 5.95 Å². The molecule has 9 nitrogen and oxygen atoms in total. The minimum atomic E-state index is -1.12. The molecule has 0 aromatic carbocycles. The molecule has 0 radical (unpaired) electrons. The van der Waals surface area contributed by atoms with Crippen molar-refractivity contribution in [2.75, 3.05) is 0 Å². The van der Waals surface area contributed by atoms with Crippen molar-refractivity contribution >= 4 is 12.0 Å². The van der Waals surface area contributed by atoms with Gasteiger partial charge in [0.1, 0.15) is 0 Å². The Balaban J connectivity index is -0.000000106. The molecule has 0 spiro atoms. The first-order chi connectivity index (χ1) is 7.70. The maximum absolute atomic E-state index is 10.4. The van der Waals surface area contributed by atoms with Crippen molar-refractivity contribution in [1.82, 2.24) is 0 Å². The number of dihydropyridines is 1. The van der Waals surface area contributed by atoms with Crippen LogP contribution in [0.1, 0.15) is 0 Å². The summed E-state index contributed by atoms with van der Waals surface area (Å²) in [5, 5.41) is 46.5. The van der Waals surface area contributed by atoms with E-state index in [1.807, 2.05) is 0 Å². The van der Waals surface area contributed by atoms with Gasteiger partial charge in [-0.2, -0.15) is 0 Å². The van der Waals surface area contributed by atoms with E-state index in [9.17, 15) is 9.90 Å². The van der Waals surface area contributed by atoms with Crippen molar-refractivity contribution < 1.29 is 108 Å². The molecule has 0 unspecified atom stereocenters. The molecule has 11 heteroatoms. The molecule has 0 aromatic rings. The van der Waals surface area contributed by atoms with Gasteiger partial charge in [-0.25, -0.2) is 0 Å². The van der Waals surface area contributed by atoms with E-state index in [0.717, 1.165) is 29.7 Å². The van der Waals surface area contributed by atoms with Gasteiger partial charge in [-0.3, -0.25) is 9.79 Å². The Hall–Kier alpha value is 0.281. The molecule has 0 saturated carbocycles. The van der Waals surface area contributed by atoms with Crippen molar-refractivity contribution in [3.8, 4) is 0 Å². The van der Waals surface area contributed by atoms with Crippen LogP contribution in [0, 0.1) is 0 Å². The van der Waals surface area contributed by atoms with Crippen LogP contribution in [0.3, 0.4) is 0 Å². The number of ketones is 1. The quantitative estimate of drug-likeness (QED) is 0.198. The van der Waals surface area contributed by atoms with Gasteiger partial charge in [0.2, 0.25) is 0 Å². The van der Waals surface area contributed by atoms with Gasteiger partial charge in [-0.15, -0.1) is 0 Å². The molecule has 0 fully saturated rings. The zero-order valence-electron chi connectivity index (χ0n) is 8.43. The normalized spacial score (nSPS) is 13.5. The number of aliphatic imine (C=N–C) groups is 1. The van der Waals surface area contributed by atoms with Gasteiger partial charge >= 0.3 is 72.4 Å². The maximum atomic E-state index is 10.4. The van der Waals surface area contributed by atoms with Crippen LogP contribution in [0.5, 0.6) is 0 Å². The molecule has 0 aliphatic carbocycles. The number of hydrogen-bond donors (Lipinski definition) is 1. The number of aliphatic hydroxyl groups is 1. The molecule has 1 rings (SSSR count). The van der Waals surface area contributed by atoms with Crippen LogP contribution in [-0.2, 0) is 25.8 Å². The Labute approximate surface area is 147 Å². The molecule has 0 saturated heterocycles. The summed E-state index contributed by atoms with van der Waals surface area (Å²) in [5.41, 5.74) is -0.111. The van der Waals surface area contributed by atoms with Crippen molar-refractivity contribution in [3.63, 3.8) is 0 Å². The third-order valence-corrected chi connectivity index (χ3v) is 0.955. The van der Waals surface area contributed by atoms with Crippen molar-refractivity contribution in [2.24, 2.45) is 4.99 Å². The number of hydrogen-bond acceptors (Lipinski definition) is 9. The number of carbonyl (C=O) groups excluding carboxylic acids is 1. The summed E-state index contributed by atoms with van der Waals surface area (Å²) in [6.45, 7) is 0. The Morgan fingerprint density at radius 3 is 1.82 bits per heavy atom. The standard InChI is InChI=1S/C6H5NO3.K.2O2.O.V/c8-4-1-2-5(6(9)10)7-3-4;;2*1-2;;/h1-3,9-10H;;;;;/q;+1;2*-2;;/p-1. The summed E-state index contributed by atoms with van der Waals surface area (Å²) in [6, 6.07) is 0. The molecule has 1 heterocycles. The van der Waals surface area contributed by atoms with Gasteiger partial charge in [-0.05, 0) is 12.2 Å². The number of aliphatic hydroxyl groups excluding tert-OH is 1. The fourth-order valence-electron chi connectivity index (χ4n) is 0.507. The van der Waals surface area contributed by atoms with Gasteiger partial charge in [-0.1, -0.05) is 0 Å². The molecule has 1 N–H and O–H groups in total. The van der Waals surface area contributed by atoms with Gasteiger partial charge in [0.15, 0.2) is 5.78 Å². The van der Waals surface area contributed by atoms with Crippen LogP contribution < -0.4 is 77.5 Å². The van der Waals surface area contributed by atoms with E-state index >= 15 is 0 Å². The van der Waals surface area contributed by atoms with Crippen molar-refractivity contribution in [1.29, 1.82) is 0 Å². The molecule has 1 aliphatic heterocycles. The van der Waals surface area contributed by atoms with Gasteiger partial charge in [0, 0.05) is 0 Å². The second-order valence-corrected chi connectivity index (χ2v) is 1.68. The van der Waals surface area contributed by atoms with Crippen LogP contribution in [0.2, 0.25) is 0 Å². The van der Waals surface area contributed by atoms with E-state index in [0.29, 0.717) is 0 Å². The predicted molar refractivity (Wildman–Crippen MR) is 33.0 cm³/mol. The van der Waals surface area contributed by atoms with Crippen LogP contribution >= 0.6 is 0 Å². The van der Waals surface area contributed by atoms with Crippen LogP contribution in [-0.4, -0.2) is 17.1 Å². The molecule has 0 atom stereocenters. The first-order valence-corrected chi connectivity index (χ1v) is 3.65. The molecule has 17 heavy (non-hydrogen) atoms. The van der Waals surface area contributed by atoms with Gasteiger partial charge < -0.3 is 31.2 Å². The molecule has 0 aromatic heterocycles. The Morgan fingerprint density at radius 2 is 1.59 bits per heavy atom. The molecular formula is C6H4KNO8V-4. The topological polar surface area (TPSA) is 182 Å². The van der Waals surface area contributed by atoms with Gasteiger partial charge in [0.05, 0.1) is 17.9 Å². The zero-order valence-corrected chi connectivity index (χ0v) is 13.0.